The van der Waals surface area contributed by atoms with Gasteiger partial charge in [-0.1, -0.05) is 47.0 Å². The first-order chi connectivity index (χ1) is 6.09. The molecule has 0 aromatic heterocycles. The fraction of sp³-hybridized carbons (Fsp3) is 1.00. The minimum absolute atomic E-state index is 0.719. The van der Waals surface area contributed by atoms with E-state index in [1.807, 2.05) is 0 Å². The lowest BCUT2D eigenvalue weighted by Crippen LogP contribution is -2.34. The number of hydrogen-bond donors (Lipinski definition) is 0. The lowest BCUT2D eigenvalue weighted by Gasteiger charge is -2.46. The van der Waals surface area contributed by atoms with Crippen LogP contribution in [0.15, 0.2) is 0 Å². The van der Waals surface area contributed by atoms with Crippen LogP contribution in [0.5, 0.6) is 0 Å². The van der Waals surface area contributed by atoms with Crippen molar-refractivity contribution >= 4 is 0 Å². The van der Waals surface area contributed by atoms with Crippen molar-refractivity contribution in [3.63, 3.8) is 0 Å². The van der Waals surface area contributed by atoms with Gasteiger partial charge in [0.25, 0.3) is 0 Å². The van der Waals surface area contributed by atoms with Gasteiger partial charge in [0.1, 0.15) is 0 Å². The van der Waals surface area contributed by atoms with Gasteiger partial charge in [-0.25, -0.2) is 0 Å². The van der Waals surface area contributed by atoms with Crippen molar-refractivity contribution < 1.29 is 0 Å². The minimum atomic E-state index is 0.719. The molecule has 0 radical (unpaired) electrons. The molecule has 13 heavy (non-hydrogen) atoms. The van der Waals surface area contributed by atoms with E-state index in [-0.39, 0.29) is 0 Å². The zero-order valence-electron chi connectivity index (χ0n) is 9.90. The third kappa shape index (κ3) is 3.00. The van der Waals surface area contributed by atoms with Crippen LogP contribution in [-0.4, -0.2) is 0 Å². The van der Waals surface area contributed by atoms with Crippen molar-refractivity contribution in [1.29, 1.82) is 0 Å². The van der Waals surface area contributed by atoms with Crippen LogP contribution in [-0.2, 0) is 0 Å². The van der Waals surface area contributed by atoms with Crippen molar-refractivity contribution in [1.82, 2.24) is 0 Å². The molecule has 1 unspecified atom stereocenters. The van der Waals surface area contributed by atoms with Crippen molar-refractivity contribution in [3.8, 4) is 0 Å². The van der Waals surface area contributed by atoms with Gasteiger partial charge in [0.05, 0.1) is 0 Å². The molecular weight excluding hydrogens is 156 g/mol. The molecule has 0 amide bonds. The Balaban J connectivity index is 2.14. The molecule has 1 aliphatic rings. The maximum absolute atomic E-state index is 2.45. The zero-order valence-corrected chi connectivity index (χ0v) is 9.90. The van der Waals surface area contributed by atoms with Crippen molar-refractivity contribution in [2.45, 2.75) is 66.2 Å². The van der Waals surface area contributed by atoms with E-state index in [9.17, 15) is 0 Å². The van der Waals surface area contributed by atoms with Crippen LogP contribution in [0.1, 0.15) is 66.2 Å². The van der Waals surface area contributed by atoms with E-state index in [2.05, 4.69) is 27.7 Å². The van der Waals surface area contributed by atoms with Gasteiger partial charge in [-0.05, 0) is 36.5 Å². The van der Waals surface area contributed by atoms with E-state index in [1.165, 1.54) is 38.5 Å². The molecule has 1 saturated carbocycles. The third-order valence-corrected chi connectivity index (χ3v) is 3.93. The van der Waals surface area contributed by atoms with E-state index in [0.717, 1.165) is 17.3 Å². The highest BCUT2D eigenvalue weighted by molar-refractivity contribution is 4.89. The van der Waals surface area contributed by atoms with Crippen molar-refractivity contribution in [3.05, 3.63) is 0 Å². The maximum atomic E-state index is 2.45. The van der Waals surface area contributed by atoms with Gasteiger partial charge in [-0.15, -0.1) is 0 Å². The van der Waals surface area contributed by atoms with Crippen molar-refractivity contribution in [2.75, 3.05) is 0 Å². The van der Waals surface area contributed by atoms with Gasteiger partial charge in [-0.2, -0.15) is 0 Å². The topological polar surface area (TPSA) is 0 Å². The van der Waals surface area contributed by atoms with E-state index in [1.54, 1.807) is 0 Å². The molecule has 0 aromatic carbocycles. The van der Waals surface area contributed by atoms with Crippen LogP contribution >= 0.6 is 0 Å². The Bertz CT molecular complexity index is 142. The predicted molar refractivity (Wildman–Crippen MR) is 59.8 cm³/mol. The summed E-state index contributed by atoms with van der Waals surface area (Å²) >= 11 is 0. The summed E-state index contributed by atoms with van der Waals surface area (Å²) in [7, 11) is 0. The molecular formula is C13H26. The first-order valence-corrected chi connectivity index (χ1v) is 6.09. The molecule has 0 heteroatoms. The summed E-state index contributed by atoms with van der Waals surface area (Å²) in [6.45, 7) is 9.51. The van der Waals surface area contributed by atoms with Crippen LogP contribution in [0.2, 0.25) is 0 Å². The number of rotatable bonds is 5. The maximum Gasteiger partial charge on any atom is -0.0323 e. The highest BCUT2D eigenvalue weighted by Crippen LogP contribution is 2.50. The molecule has 0 N–H and O–H groups in total. The Morgan fingerprint density at radius 1 is 1.31 bits per heavy atom. The molecule has 0 spiro atoms. The molecule has 0 saturated heterocycles. The summed E-state index contributed by atoms with van der Waals surface area (Å²) in [5.41, 5.74) is 0.719. The summed E-state index contributed by atoms with van der Waals surface area (Å²) < 4.78 is 0. The summed E-state index contributed by atoms with van der Waals surface area (Å²) in [6, 6.07) is 0. The predicted octanol–water partition coefficient (Wildman–Crippen LogP) is 4.64. The SMILES string of the molecule is CCCC(C)CC1CC(C)(CC)C1. The molecule has 1 aliphatic carbocycles. The van der Waals surface area contributed by atoms with Crippen LogP contribution in [0.25, 0.3) is 0 Å². The average Bonchev–Trinajstić information content (AvgIpc) is 2.02. The molecule has 0 aromatic rings. The van der Waals surface area contributed by atoms with Gasteiger partial charge in [0.2, 0.25) is 0 Å². The average molecular weight is 182 g/mol. The summed E-state index contributed by atoms with van der Waals surface area (Å²) in [4.78, 5) is 0. The van der Waals surface area contributed by atoms with Crippen LogP contribution in [0, 0.1) is 17.3 Å². The summed E-state index contributed by atoms with van der Waals surface area (Å²) in [5, 5.41) is 0. The Morgan fingerprint density at radius 3 is 2.38 bits per heavy atom. The molecule has 0 aliphatic heterocycles. The lowest BCUT2D eigenvalue weighted by molar-refractivity contribution is 0.0539. The first kappa shape index (κ1) is 11.1. The normalized spacial score (nSPS) is 35.5. The highest BCUT2D eigenvalue weighted by atomic mass is 14.4. The Kier molecular flexibility index (Phi) is 3.82. The van der Waals surface area contributed by atoms with Crippen LogP contribution in [0.3, 0.4) is 0 Å². The largest absolute Gasteiger partial charge is 0.0654 e. The highest BCUT2D eigenvalue weighted by Gasteiger charge is 2.38. The second kappa shape index (κ2) is 4.48. The molecule has 1 rings (SSSR count). The molecule has 78 valence electrons. The first-order valence-electron chi connectivity index (χ1n) is 6.09. The van der Waals surface area contributed by atoms with Crippen LogP contribution in [0.4, 0.5) is 0 Å². The molecule has 0 heterocycles. The van der Waals surface area contributed by atoms with E-state index >= 15 is 0 Å². The van der Waals surface area contributed by atoms with Crippen molar-refractivity contribution in [2.24, 2.45) is 17.3 Å². The Labute approximate surface area is 84.1 Å². The second-order valence-corrected chi connectivity index (χ2v) is 5.57. The quantitative estimate of drug-likeness (QED) is 0.581. The number of hydrogen-bond acceptors (Lipinski definition) is 0. The van der Waals surface area contributed by atoms with Gasteiger partial charge in [-0.3, -0.25) is 0 Å². The Hall–Kier alpha value is 0. The van der Waals surface area contributed by atoms with Gasteiger partial charge in [0, 0.05) is 0 Å². The standard InChI is InChI=1S/C13H26/c1-5-7-11(3)8-12-9-13(4,6-2)10-12/h11-12H,5-10H2,1-4H3. The zero-order chi connectivity index (χ0) is 9.90. The van der Waals surface area contributed by atoms with E-state index in [0.29, 0.717) is 0 Å². The monoisotopic (exact) mass is 182 g/mol. The van der Waals surface area contributed by atoms with Crippen LogP contribution < -0.4 is 0 Å². The molecule has 1 fully saturated rings. The fourth-order valence-electron chi connectivity index (χ4n) is 2.97. The van der Waals surface area contributed by atoms with Gasteiger partial charge < -0.3 is 0 Å². The smallest absolute Gasteiger partial charge is 0.0323 e. The Morgan fingerprint density at radius 2 is 1.92 bits per heavy atom. The van der Waals surface area contributed by atoms with E-state index in [4.69, 9.17) is 0 Å². The fourth-order valence-corrected chi connectivity index (χ4v) is 2.97. The lowest BCUT2D eigenvalue weighted by atomic mass is 9.60. The molecule has 1 atom stereocenters. The minimum Gasteiger partial charge on any atom is -0.0654 e. The molecule has 0 bridgehead atoms. The molecule has 0 nitrogen and oxygen atoms in total. The summed E-state index contributed by atoms with van der Waals surface area (Å²) in [5.74, 6) is 2.03. The van der Waals surface area contributed by atoms with Gasteiger partial charge >= 0.3 is 0 Å². The third-order valence-electron chi connectivity index (χ3n) is 3.93. The summed E-state index contributed by atoms with van der Waals surface area (Å²) in [6.07, 6.45) is 8.66. The van der Waals surface area contributed by atoms with E-state index < -0.39 is 0 Å². The van der Waals surface area contributed by atoms with Gasteiger partial charge in [0.15, 0.2) is 0 Å². The second-order valence-electron chi connectivity index (χ2n) is 5.57.